The Morgan fingerprint density at radius 1 is 1.08 bits per heavy atom. The van der Waals surface area contributed by atoms with E-state index in [1.165, 1.54) is 0 Å². The lowest BCUT2D eigenvalue weighted by molar-refractivity contribution is -0.117. The molecule has 1 atom stereocenters. The van der Waals surface area contributed by atoms with Crippen LogP contribution in [0.3, 0.4) is 0 Å². The number of hydrogen-bond acceptors (Lipinski definition) is 2. The van der Waals surface area contributed by atoms with Gasteiger partial charge in [0, 0.05) is 5.69 Å². The summed E-state index contributed by atoms with van der Waals surface area (Å²) in [5, 5.41) is 5.57. The number of halogens is 2. The summed E-state index contributed by atoms with van der Waals surface area (Å²) in [4.78, 5) is 24.7. The molecule has 2 N–H and O–H groups in total. The fourth-order valence-electron chi connectivity index (χ4n) is 2.43. The molecule has 1 saturated carbocycles. The number of carbonyl (C=O) groups excluding carboxylic acids is 2. The van der Waals surface area contributed by atoms with E-state index in [0.29, 0.717) is 23.4 Å². The van der Waals surface area contributed by atoms with Gasteiger partial charge in [0.1, 0.15) is 4.33 Å². The lowest BCUT2D eigenvalue weighted by atomic mass is 10.1. The van der Waals surface area contributed by atoms with Crippen LogP contribution < -0.4 is 10.6 Å². The molecule has 1 unspecified atom stereocenters. The number of carbonyl (C=O) groups is 2. The van der Waals surface area contributed by atoms with E-state index in [1.807, 2.05) is 31.2 Å². The van der Waals surface area contributed by atoms with Gasteiger partial charge in [0.15, 0.2) is 0 Å². The van der Waals surface area contributed by atoms with Gasteiger partial charge in [-0.1, -0.05) is 24.3 Å². The molecule has 2 amide bonds. The van der Waals surface area contributed by atoms with Crippen molar-refractivity contribution in [2.24, 2.45) is 5.92 Å². The van der Waals surface area contributed by atoms with Crippen molar-refractivity contribution in [3.8, 4) is 0 Å². The number of benzene rings is 2. The highest BCUT2D eigenvalue weighted by Gasteiger charge is 2.56. The SMILES string of the molecule is Cc1cccc(NC(=O)c2ccccc2NC(=O)C2CC2(Cl)Cl)c1. The summed E-state index contributed by atoms with van der Waals surface area (Å²) in [6.45, 7) is 1.95. The van der Waals surface area contributed by atoms with Crippen LogP contribution in [0.1, 0.15) is 22.3 Å². The van der Waals surface area contributed by atoms with Crippen LogP contribution in [0.2, 0.25) is 0 Å². The molecule has 6 heteroatoms. The predicted octanol–water partition coefficient (Wildman–Crippen LogP) is 4.38. The normalized spacial score (nSPS) is 17.9. The van der Waals surface area contributed by atoms with Crippen molar-refractivity contribution >= 4 is 46.4 Å². The summed E-state index contributed by atoms with van der Waals surface area (Å²) in [6, 6.07) is 14.3. The first-order chi connectivity index (χ1) is 11.4. The van der Waals surface area contributed by atoms with Gasteiger partial charge in [-0.3, -0.25) is 9.59 Å². The van der Waals surface area contributed by atoms with Crippen LogP contribution in [0.4, 0.5) is 11.4 Å². The summed E-state index contributed by atoms with van der Waals surface area (Å²) in [5.41, 5.74) is 2.55. The maximum atomic E-state index is 12.5. The number of para-hydroxylation sites is 1. The van der Waals surface area contributed by atoms with E-state index in [9.17, 15) is 9.59 Å². The third-order valence-corrected chi connectivity index (χ3v) is 4.68. The van der Waals surface area contributed by atoms with Crippen LogP contribution in [0.5, 0.6) is 0 Å². The van der Waals surface area contributed by atoms with Gasteiger partial charge in [-0.2, -0.15) is 0 Å². The van der Waals surface area contributed by atoms with E-state index < -0.39 is 10.3 Å². The molecule has 0 bridgehead atoms. The maximum Gasteiger partial charge on any atom is 0.257 e. The van der Waals surface area contributed by atoms with Crippen LogP contribution in [0.25, 0.3) is 0 Å². The first-order valence-corrected chi connectivity index (χ1v) is 8.28. The number of amides is 2. The molecule has 124 valence electrons. The second kappa shape index (κ2) is 6.46. The minimum Gasteiger partial charge on any atom is -0.325 e. The van der Waals surface area contributed by atoms with E-state index in [0.717, 1.165) is 5.56 Å². The minimum atomic E-state index is -0.997. The number of rotatable bonds is 4. The van der Waals surface area contributed by atoms with Crippen LogP contribution in [0, 0.1) is 12.8 Å². The van der Waals surface area contributed by atoms with Crippen molar-refractivity contribution in [1.29, 1.82) is 0 Å². The molecule has 1 aliphatic rings. The lowest BCUT2D eigenvalue weighted by Gasteiger charge is -2.12. The average molecular weight is 363 g/mol. The van der Waals surface area contributed by atoms with Gasteiger partial charge in [-0.05, 0) is 43.2 Å². The summed E-state index contributed by atoms with van der Waals surface area (Å²) in [6.07, 6.45) is 0.416. The molecule has 0 radical (unpaired) electrons. The number of anilines is 2. The molecule has 0 saturated heterocycles. The Kier molecular flexibility index (Phi) is 4.52. The van der Waals surface area contributed by atoms with E-state index in [1.54, 1.807) is 24.3 Å². The van der Waals surface area contributed by atoms with Gasteiger partial charge in [0.2, 0.25) is 5.91 Å². The highest BCUT2D eigenvalue weighted by Crippen LogP contribution is 2.53. The van der Waals surface area contributed by atoms with Crippen molar-refractivity contribution in [1.82, 2.24) is 0 Å². The second-order valence-corrected chi connectivity index (χ2v) is 7.42. The molecular weight excluding hydrogens is 347 g/mol. The Morgan fingerprint density at radius 3 is 2.46 bits per heavy atom. The summed E-state index contributed by atoms with van der Waals surface area (Å²) in [7, 11) is 0. The first-order valence-electron chi connectivity index (χ1n) is 7.52. The van der Waals surface area contributed by atoms with Crippen molar-refractivity contribution in [3.05, 3.63) is 59.7 Å². The monoisotopic (exact) mass is 362 g/mol. The van der Waals surface area contributed by atoms with E-state index in [-0.39, 0.29) is 11.8 Å². The van der Waals surface area contributed by atoms with Gasteiger partial charge in [-0.15, -0.1) is 23.2 Å². The molecule has 24 heavy (non-hydrogen) atoms. The third kappa shape index (κ3) is 3.71. The highest BCUT2D eigenvalue weighted by atomic mass is 35.5. The number of aryl methyl sites for hydroxylation is 1. The Labute approximate surface area is 150 Å². The fraction of sp³-hybridized carbons (Fsp3) is 0.222. The molecule has 0 aromatic heterocycles. The first kappa shape index (κ1) is 16.8. The van der Waals surface area contributed by atoms with Gasteiger partial charge >= 0.3 is 0 Å². The Bertz CT molecular complexity index is 805. The van der Waals surface area contributed by atoms with Crippen LogP contribution in [-0.2, 0) is 4.79 Å². The summed E-state index contributed by atoms with van der Waals surface area (Å²) < 4.78 is -0.997. The molecule has 1 fully saturated rings. The topological polar surface area (TPSA) is 58.2 Å². The van der Waals surface area contributed by atoms with E-state index in [4.69, 9.17) is 23.2 Å². The standard InChI is InChI=1S/C18H16Cl2N2O2/c1-11-5-4-6-12(9-11)21-16(23)13-7-2-3-8-15(13)22-17(24)14-10-18(14,19)20/h2-9,14H,10H2,1H3,(H,21,23)(H,22,24). The third-order valence-electron chi connectivity index (χ3n) is 3.85. The minimum absolute atomic E-state index is 0.282. The molecule has 3 rings (SSSR count). The molecule has 0 aliphatic heterocycles. The molecule has 2 aromatic rings. The number of nitrogens with one attached hydrogen (secondary N) is 2. The van der Waals surface area contributed by atoms with Gasteiger partial charge in [-0.25, -0.2) is 0 Å². The summed E-state index contributed by atoms with van der Waals surface area (Å²) >= 11 is 11.8. The Hall–Kier alpha value is -2.04. The summed E-state index contributed by atoms with van der Waals surface area (Å²) in [5.74, 6) is -1.03. The van der Waals surface area contributed by atoms with Gasteiger partial charge < -0.3 is 10.6 Å². The Morgan fingerprint density at radius 2 is 1.79 bits per heavy atom. The molecular formula is C18H16Cl2N2O2. The van der Waals surface area contributed by atoms with Gasteiger partial charge in [0.05, 0.1) is 17.2 Å². The van der Waals surface area contributed by atoms with Crippen LogP contribution in [0.15, 0.2) is 48.5 Å². The quantitative estimate of drug-likeness (QED) is 0.792. The molecule has 0 spiro atoms. The van der Waals surface area contributed by atoms with Crippen molar-refractivity contribution in [2.45, 2.75) is 17.7 Å². The lowest BCUT2D eigenvalue weighted by Crippen LogP contribution is -2.20. The molecule has 0 heterocycles. The molecule has 4 nitrogen and oxygen atoms in total. The zero-order valence-corrected chi connectivity index (χ0v) is 14.5. The van der Waals surface area contributed by atoms with Crippen LogP contribution in [-0.4, -0.2) is 16.1 Å². The largest absolute Gasteiger partial charge is 0.325 e. The van der Waals surface area contributed by atoms with E-state index >= 15 is 0 Å². The molecule has 1 aliphatic carbocycles. The second-order valence-electron chi connectivity index (χ2n) is 5.88. The van der Waals surface area contributed by atoms with E-state index in [2.05, 4.69) is 10.6 Å². The van der Waals surface area contributed by atoms with Crippen molar-refractivity contribution in [2.75, 3.05) is 10.6 Å². The average Bonchev–Trinajstić information content (AvgIpc) is 3.16. The van der Waals surface area contributed by atoms with Crippen molar-refractivity contribution < 1.29 is 9.59 Å². The van der Waals surface area contributed by atoms with Crippen molar-refractivity contribution in [3.63, 3.8) is 0 Å². The van der Waals surface area contributed by atoms with Crippen LogP contribution >= 0.6 is 23.2 Å². The fourth-order valence-corrected chi connectivity index (χ4v) is 2.94. The smallest absolute Gasteiger partial charge is 0.257 e. The zero-order valence-electron chi connectivity index (χ0n) is 13.0. The highest BCUT2D eigenvalue weighted by molar-refractivity contribution is 6.52. The molecule has 2 aromatic carbocycles. The zero-order chi connectivity index (χ0) is 17.3. The van der Waals surface area contributed by atoms with Gasteiger partial charge in [0.25, 0.3) is 5.91 Å². The Balaban J connectivity index is 1.76. The number of hydrogen-bond donors (Lipinski definition) is 2. The maximum absolute atomic E-state index is 12.5. The predicted molar refractivity (Wildman–Crippen MR) is 96.7 cm³/mol. The number of alkyl halides is 2.